The second kappa shape index (κ2) is 8.26. The summed E-state index contributed by atoms with van der Waals surface area (Å²) in [5.41, 5.74) is 3.84. The zero-order valence-corrected chi connectivity index (χ0v) is 21.6. The molecule has 2 heteroatoms. The van der Waals surface area contributed by atoms with Crippen LogP contribution in [0.5, 0.6) is 0 Å². The summed E-state index contributed by atoms with van der Waals surface area (Å²) in [5, 5.41) is 0. The summed E-state index contributed by atoms with van der Waals surface area (Å²) in [5.74, 6) is 4.57. The molecule has 4 aliphatic carbocycles. The van der Waals surface area contributed by atoms with Crippen LogP contribution >= 0.6 is 0 Å². The van der Waals surface area contributed by atoms with Crippen molar-refractivity contribution in [3.8, 4) is 0 Å². The van der Waals surface area contributed by atoms with E-state index in [0.717, 1.165) is 55.6 Å². The summed E-state index contributed by atoms with van der Waals surface area (Å²) in [6.07, 6.45) is 15.6. The third-order valence-corrected chi connectivity index (χ3v) is 11.1. The highest BCUT2D eigenvalue weighted by Crippen LogP contribution is 2.68. The van der Waals surface area contributed by atoms with Gasteiger partial charge in [-0.2, -0.15) is 0 Å². The van der Waals surface area contributed by atoms with Crippen LogP contribution in [0.1, 0.15) is 98.8 Å². The Kier molecular flexibility index (Phi) is 5.98. The van der Waals surface area contributed by atoms with E-state index in [1.54, 1.807) is 5.57 Å². The summed E-state index contributed by atoms with van der Waals surface area (Å²) in [7, 11) is 0. The Morgan fingerprint density at radius 2 is 1.72 bits per heavy atom. The minimum atomic E-state index is -0.328. The van der Waals surface area contributed by atoms with Gasteiger partial charge in [-0.15, -0.1) is 0 Å². The fourth-order valence-electron chi connectivity index (χ4n) is 9.29. The van der Waals surface area contributed by atoms with E-state index in [4.69, 9.17) is 16.1 Å². The summed E-state index contributed by atoms with van der Waals surface area (Å²) >= 11 is 0. The van der Waals surface area contributed by atoms with Gasteiger partial charge in [0.15, 0.2) is 5.79 Å². The molecule has 0 aromatic carbocycles. The maximum absolute atomic E-state index is 6.13. The van der Waals surface area contributed by atoms with Crippen LogP contribution in [0.4, 0.5) is 0 Å². The summed E-state index contributed by atoms with van der Waals surface area (Å²) in [6.45, 7) is 18.8. The molecular formula is C30H48O2. The van der Waals surface area contributed by atoms with Crippen LogP contribution in [0, 0.1) is 46.3 Å². The van der Waals surface area contributed by atoms with Crippen molar-refractivity contribution in [1.82, 2.24) is 0 Å². The molecule has 0 N–H and O–H groups in total. The molecule has 5 rings (SSSR count). The molecule has 1 spiro atoms. The first-order valence-electron chi connectivity index (χ1n) is 13.9. The van der Waals surface area contributed by atoms with Gasteiger partial charge in [0.2, 0.25) is 0 Å². The van der Waals surface area contributed by atoms with Crippen molar-refractivity contribution in [3.05, 3.63) is 23.8 Å². The molecule has 3 saturated carbocycles. The van der Waals surface area contributed by atoms with Gasteiger partial charge in [0.05, 0.1) is 13.2 Å². The van der Waals surface area contributed by atoms with Crippen LogP contribution in [-0.2, 0) is 9.47 Å². The van der Waals surface area contributed by atoms with Crippen LogP contribution in [0.3, 0.4) is 0 Å². The average Bonchev–Trinajstić information content (AvgIpc) is 3.33. The van der Waals surface area contributed by atoms with Crippen molar-refractivity contribution in [3.63, 3.8) is 0 Å². The maximum atomic E-state index is 6.13. The minimum absolute atomic E-state index is 0.314. The number of ether oxygens (including phenoxy) is 2. The molecule has 3 unspecified atom stereocenters. The number of fused-ring (bicyclic) bond motifs is 5. The molecule has 0 aromatic heterocycles. The van der Waals surface area contributed by atoms with Crippen molar-refractivity contribution < 1.29 is 9.47 Å². The summed E-state index contributed by atoms with van der Waals surface area (Å²) in [4.78, 5) is 0. The topological polar surface area (TPSA) is 18.5 Å². The Morgan fingerprint density at radius 3 is 2.44 bits per heavy atom. The molecule has 7 atom stereocenters. The largest absolute Gasteiger partial charge is 0.347 e. The van der Waals surface area contributed by atoms with Gasteiger partial charge in [0.25, 0.3) is 0 Å². The Labute approximate surface area is 197 Å². The zero-order chi connectivity index (χ0) is 22.7. The monoisotopic (exact) mass is 440 g/mol. The molecule has 0 bridgehead atoms. The van der Waals surface area contributed by atoms with Crippen molar-refractivity contribution in [2.24, 2.45) is 46.3 Å². The van der Waals surface area contributed by atoms with E-state index >= 15 is 0 Å². The van der Waals surface area contributed by atoms with Crippen LogP contribution in [0.15, 0.2) is 23.8 Å². The van der Waals surface area contributed by atoms with Gasteiger partial charge in [-0.05, 0) is 78.4 Å². The molecule has 1 saturated heterocycles. The predicted molar refractivity (Wildman–Crippen MR) is 132 cm³/mol. The van der Waals surface area contributed by atoms with Gasteiger partial charge in [0.1, 0.15) is 0 Å². The second-order valence-electron chi connectivity index (χ2n) is 13.2. The number of hydrogen-bond acceptors (Lipinski definition) is 2. The predicted octanol–water partition coefficient (Wildman–Crippen LogP) is 7.94. The third kappa shape index (κ3) is 3.58. The van der Waals surface area contributed by atoms with Gasteiger partial charge < -0.3 is 9.47 Å². The first-order valence-corrected chi connectivity index (χ1v) is 13.9. The van der Waals surface area contributed by atoms with E-state index in [9.17, 15) is 0 Å². The van der Waals surface area contributed by atoms with Gasteiger partial charge in [-0.25, -0.2) is 0 Å². The number of allylic oxidation sites excluding steroid dienone is 2. The van der Waals surface area contributed by atoms with Crippen LogP contribution < -0.4 is 0 Å². The van der Waals surface area contributed by atoms with E-state index in [2.05, 4.69) is 40.7 Å². The Morgan fingerprint density at radius 1 is 0.969 bits per heavy atom. The average molecular weight is 441 g/mol. The maximum Gasteiger partial charge on any atom is 0.172 e. The smallest absolute Gasteiger partial charge is 0.172 e. The second-order valence-corrected chi connectivity index (χ2v) is 13.2. The number of hydrogen-bond donors (Lipinski definition) is 0. The van der Waals surface area contributed by atoms with Crippen molar-refractivity contribution in [2.75, 3.05) is 13.2 Å². The van der Waals surface area contributed by atoms with Crippen LogP contribution in [0.2, 0.25) is 0 Å². The van der Waals surface area contributed by atoms with E-state index in [0.29, 0.717) is 16.7 Å². The SMILES string of the molecule is C=C1C=C2CC3(CC[C@]2(C)C2CC[C@@]4(C)C(CC[C@@H]4[C@H](C)CCCC(C)C)C12)OCCO3. The zero-order valence-electron chi connectivity index (χ0n) is 21.6. The molecule has 1 aliphatic heterocycles. The molecule has 0 aromatic rings. The molecule has 4 fully saturated rings. The minimum Gasteiger partial charge on any atom is -0.347 e. The van der Waals surface area contributed by atoms with Gasteiger partial charge >= 0.3 is 0 Å². The molecule has 2 nitrogen and oxygen atoms in total. The lowest BCUT2D eigenvalue weighted by Crippen LogP contribution is -2.53. The molecule has 1 heterocycles. The van der Waals surface area contributed by atoms with Gasteiger partial charge in [-0.1, -0.05) is 77.7 Å². The number of rotatable bonds is 5. The lowest BCUT2D eigenvalue weighted by atomic mass is 9.46. The van der Waals surface area contributed by atoms with E-state index in [1.165, 1.54) is 56.9 Å². The normalized spacial score (nSPS) is 43.7. The molecule has 180 valence electrons. The highest BCUT2D eigenvalue weighted by atomic mass is 16.7. The Bertz CT molecular complexity index is 759. The quantitative estimate of drug-likeness (QED) is 0.432. The first-order chi connectivity index (χ1) is 15.2. The van der Waals surface area contributed by atoms with Crippen molar-refractivity contribution in [2.45, 2.75) is 105 Å². The first kappa shape index (κ1) is 23.2. The lowest BCUT2D eigenvalue weighted by molar-refractivity contribution is -0.184. The van der Waals surface area contributed by atoms with E-state index in [1.807, 2.05) is 0 Å². The highest BCUT2D eigenvalue weighted by molar-refractivity contribution is 5.38. The molecule has 0 amide bonds. The fraction of sp³-hybridized carbons (Fsp3) is 0.867. The molecule has 5 aliphatic rings. The highest BCUT2D eigenvalue weighted by Gasteiger charge is 2.61. The Hall–Kier alpha value is -0.600. The van der Waals surface area contributed by atoms with E-state index in [-0.39, 0.29) is 5.79 Å². The van der Waals surface area contributed by atoms with Crippen molar-refractivity contribution in [1.29, 1.82) is 0 Å². The Balaban J connectivity index is 1.36. The lowest BCUT2D eigenvalue weighted by Gasteiger charge is -2.59. The van der Waals surface area contributed by atoms with E-state index < -0.39 is 0 Å². The molecule has 0 radical (unpaired) electrons. The van der Waals surface area contributed by atoms with Crippen LogP contribution in [0.25, 0.3) is 0 Å². The summed E-state index contributed by atoms with van der Waals surface area (Å²) in [6, 6.07) is 0. The van der Waals surface area contributed by atoms with Crippen LogP contribution in [-0.4, -0.2) is 19.0 Å². The molecular weight excluding hydrogens is 392 g/mol. The molecule has 32 heavy (non-hydrogen) atoms. The standard InChI is InChI=1S/C30H48O2/c1-20(2)8-7-9-21(3)24-10-11-25-27-22(4)18-23-19-30(31-16-17-32-30)15-14-28(23,5)26(27)12-13-29(24,25)6/h18,20-21,24-27H,4,7-17,19H2,1-3,5-6H3/t21-,24-,25?,26?,27?,28+,29-/m1/s1. The van der Waals surface area contributed by atoms with Gasteiger partial charge in [-0.3, -0.25) is 0 Å². The third-order valence-electron chi connectivity index (χ3n) is 11.1. The fourth-order valence-corrected chi connectivity index (χ4v) is 9.29. The van der Waals surface area contributed by atoms with Crippen molar-refractivity contribution >= 4 is 0 Å². The summed E-state index contributed by atoms with van der Waals surface area (Å²) < 4.78 is 12.3. The van der Waals surface area contributed by atoms with Gasteiger partial charge in [0, 0.05) is 12.8 Å².